The maximum Gasteiger partial charge on any atom is 0.0446 e. The molecule has 0 fully saturated rings. The molecule has 0 aliphatic carbocycles. The van der Waals surface area contributed by atoms with Crippen LogP contribution in [0.25, 0.3) is 10.8 Å². The van der Waals surface area contributed by atoms with Crippen molar-refractivity contribution < 1.29 is 5.11 Å². The van der Waals surface area contributed by atoms with Crippen molar-refractivity contribution in [3.63, 3.8) is 0 Å². The molecule has 1 unspecified atom stereocenters. The Bertz CT molecular complexity index is 557. The van der Waals surface area contributed by atoms with E-state index in [0.717, 1.165) is 13.0 Å². The van der Waals surface area contributed by atoms with E-state index in [1.165, 1.54) is 16.3 Å². The Labute approximate surface area is 121 Å². The minimum Gasteiger partial charge on any atom is -0.396 e. The topological polar surface area (TPSA) is 32.3 Å². The zero-order valence-electron chi connectivity index (χ0n) is 12.7. The molecule has 0 bridgehead atoms. The van der Waals surface area contributed by atoms with Gasteiger partial charge in [0.15, 0.2) is 0 Å². The minimum absolute atomic E-state index is 0.152. The SMILES string of the molecule is CC(C)(C)C(CCO)NCc1ccc2ccccc2c1. The molecule has 2 N–H and O–H groups in total. The number of hydrogen-bond acceptors (Lipinski definition) is 2. The normalized spacial score (nSPS) is 13.6. The molecule has 2 rings (SSSR count). The third-order valence-electron chi connectivity index (χ3n) is 3.83. The molecule has 108 valence electrons. The summed E-state index contributed by atoms with van der Waals surface area (Å²) in [7, 11) is 0. The van der Waals surface area contributed by atoms with Gasteiger partial charge in [0.2, 0.25) is 0 Å². The molecule has 0 amide bonds. The van der Waals surface area contributed by atoms with Crippen molar-refractivity contribution in [3.05, 3.63) is 48.0 Å². The third-order valence-corrected chi connectivity index (χ3v) is 3.83. The number of aliphatic hydroxyl groups is 1. The first-order valence-electron chi connectivity index (χ1n) is 7.32. The molecule has 0 saturated carbocycles. The van der Waals surface area contributed by atoms with Crippen molar-refractivity contribution in [1.82, 2.24) is 5.32 Å². The van der Waals surface area contributed by atoms with Gasteiger partial charge < -0.3 is 10.4 Å². The quantitative estimate of drug-likeness (QED) is 0.868. The van der Waals surface area contributed by atoms with Crippen LogP contribution in [0.5, 0.6) is 0 Å². The van der Waals surface area contributed by atoms with E-state index in [4.69, 9.17) is 0 Å². The molecule has 0 aliphatic heterocycles. The maximum atomic E-state index is 9.20. The number of nitrogens with one attached hydrogen (secondary N) is 1. The van der Waals surface area contributed by atoms with E-state index < -0.39 is 0 Å². The van der Waals surface area contributed by atoms with Gasteiger partial charge in [-0.3, -0.25) is 0 Å². The van der Waals surface area contributed by atoms with Gasteiger partial charge in [0.1, 0.15) is 0 Å². The van der Waals surface area contributed by atoms with Crippen LogP contribution in [0.2, 0.25) is 0 Å². The molecule has 1 atom stereocenters. The van der Waals surface area contributed by atoms with E-state index in [9.17, 15) is 5.11 Å². The van der Waals surface area contributed by atoms with E-state index in [1.54, 1.807) is 0 Å². The van der Waals surface area contributed by atoms with Crippen molar-refractivity contribution in [2.75, 3.05) is 6.61 Å². The van der Waals surface area contributed by atoms with Gasteiger partial charge in [0, 0.05) is 19.2 Å². The highest BCUT2D eigenvalue weighted by Crippen LogP contribution is 2.22. The van der Waals surface area contributed by atoms with Crippen LogP contribution in [0.3, 0.4) is 0 Å². The smallest absolute Gasteiger partial charge is 0.0446 e. The Morgan fingerprint density at radius 3 is 2.40 bits per heavy atom. The van der Waals surface area contributed by atoms with Gasteiger partial charge in [0.25, 0.3) is 0 Å². The summed E-state index contributed by atoms with van der Waals surface area (Å²) in [6.45, 7) is 7.70. The Kier molecular flexibility index (Phi) is 4.79. The summed E-state index contributed by atoms with van der Waals surface area (Å²) in [5, 5.41) is 15.3. The Morgan fingerprint density at radius 1 is 1.05 bits per heavy atom. The highest BCUT2D eigenvalue weighted by molar-refractivity contribution is 5.82. The molecule has 0 heterocycles. The third kappa shape index (κ3) is 3.81. The van der Waals surface area contributed by atoms with Crippen molar-refractivity contribution in [2.45, 2.75) is 39.8 Å². The van der Waals surface area contributed by atoms with Crippen LogP contribution in [-0.2, 0) is 6.54 Å². The molecule has 2 nitrogen and oxygen atoms in total. The second-order valence-electron chi connectivity index (χ2n) is 6.49. The lowest BCUT2D eigenvalue weighted by molar-refractivity contribution is 0.196. The molecule has 2 heteroatoms. The molecule has 20 heavy (non-hydrogen) atoms. The van der Waals surface area contributed by atoms with Gasteiger partial charge in [0.05, 0.1) is 0 Å². The van der Waals surface area contributed by atoms with Crippen LogP contribution in [0, 0.1) is 5.41 Å². The van der Waals surface area contributed by atoms with Gasteiger partial charge >= 0.3 is 0 Å². The van der Waals surface area contributed by atoms with Gasteiger partial charge in [-0.1, -0.05) is 57.2 Å². The number of aliphatic hydroxyl groups excluding tert-OH is 1. The summed E-state index contributed by atoms with van der Waals surface area (Å²) in [5.74, 6) is 0. The van der Waals surface area contributed by atoms with Crippen LogP contribution in [-0.4, -0.2) is 17.8 Å². The first-order chi connectivity index (χ1) is 9.50. The lowest BCUT2D eigenvalue weighted by Crippen LogP contribution is -2.40. The average molecular weight is 271 g/mol. The van der Waals surface area contributed by atoms with Gasteiger partial charge in [-0.25, -0.2) is 0 Å². The van der Waals surface area contributed by atoms with E-state index >= 15 is 0 Å². The predicted octanol–water partition coefficient (Wildman–Crippen LogP) is 3.73. The summed E-state index contributed by atoms with van der Waals surface area (Å²) >= 11 is 0. The summed E-state index contributed by atoms with van der Waals surface area (Å²) in [6, 6.07) is 15.3. The van der Waals surface area contributed by atoms with Gasteiger partial charge in [-0.2, -0.15) is 0 Å². The summed E-state index contributed by atoms with van der Waals surface area (Å²) < 4.78 is 0. The number of fused-ring (bicyclic) bond motifs is 1. The van der Waals surface area contributed by atoms with Crippen LogP contribution in [0.4, 0.5) is 0 Å². The fourth-order valence-corrected chi connectivity index (χ4v) is 2.56. The van der Waals surface area contributed by atoms with Crippen molar-refractivity contribution in [2.24, 2.45) is 5.41 Å². The molecule has 0 radical (unpaired) electrons. The minimum atomic E-state index is 0.152. The average Bonchev–Trinajstić information content (AvgIpc) is 2.42. The lowest BCUT2D eigenvalue weighted by atomic mass is 9.85. The van der Waals surface area contributed by atoms with Crippen molar-refractivity contribution in [1.29, 1.82) is 0 Å². The zero-order valence-corrected chi connectivity index (χ0v) is 12.7. The van der Waals surface area contributed by atoms with Crippen molar-refractivity contribution in [3.8, 4) is 0 Å². The van der Waals surface area contributed by atoms with E-state index in [1.807, 2.05) is 0 Å². The Morgan fingerprint density at radius 2 is 1.75 bits per heavy atom. The standard InChI is InChI=1S/C18H25NO/c1-18(2,3)17(10-11-20)19-13-14-8-9-15-6-4-5-7-16(15)12-14/h4-9,12,17,19-20H,10-11,13H2,1-3H3. The van der Waals surface area contributed by atoms with Crippen molar-refractivity contribution >= 4 is 10.8 Å². The van der Waals surface area contributed by atoms with E-state index in [0.29, 0.717) is 6.04 Å². The fourth-order valence-electron chi connectivity index (χ4n) is 2.56. The second kappa shape index (κ2) is 6.38. The summed E-state index contributed by atoms with van der Waals surface area (Å²) in [4.78, 5) is 0. The molecule has 2 aromatic rings. The number of hydrogen-bond donors (Lipinski definition) is 2. The highest BCUT2D eigenvalue weighted by atomic mass is 16.3. The van der Waals surface area contributed by atoms with E-state index in [2.05, 4.69) is 68.6 Å². The zero-order chi connectivity index (χ0) is 14.6. The lowest BCUT2D eigenvalue weighted by Gasteiger charge is -2.31. The number of rotatable bonds is 5. The monoisotopic (exact) mass is 271 g/mol. The first-order valence-corrected chi connectivity index (χ1v) is 7.32. The predicted molar refractivity (Wildman–Crippen MR) is 85.7 cm³/mol. The molecular weight excluding hydrogens is 246 g/mol. The fraction of sp³-hybridized carbons (Fsp3) is 0.444. The molecule has 2 aromatic carbocycles. The van der Waals surface area contributed by atoms with Crippen LogP contribution in [0.15, 0.2) is 42.5 Å². The molecule has 0 aliphatic rings. The molecular formula is C18H25NO. The van der Waals surface area contributed by atoms with Crippen LogP contribution in [0.1, 0.15) is 32.8 Å². The molecule has 0 spiro atoms. The Balaban J connectivity index is 2.07. The van der Waals surface area contributed by atoms with Gasteiger partial charge in [-0.05, 0) is 34.2 Å². The van der Waals surface area contributed by atoms with Crippen LogP contribution < -0.4 is 5.32 Å². The molecule has 0 saturated heterocycles. The first kappa shape index (κ1) is 15.0. The number of benzene rings is 2. The largest absolute Gasteiger partial charge is 0.396 e. The highest BCUT2D eigenvalue weighted by Gasteiger charge is 2.23. The van der Waals surface area contributed by atoms with Gasteiger partial charge in [-0.15, -0.1) is 0 Å². The summed E-state index contributed by atoms with van der Waals surface area (Å²) in [5.41, 5.74) is 1.44. The Hall–Kier alpha value is -1.38. The second-order valence-corrected chi connectivity index (χ2v) is 6.49. The maximum absolute atomic E-state index is 9.20. The summed E-state index contributed by atoms with van der Waals surface area (Å²) in [6.07, 6.45) is 0.789. The molecule has 0 aromatic heterocycles. The van der Waals surface area contributed by atoms with E-state index in [-0.39, 0.29) is 12.0 Å². The van der Waals surface area contributed by atoms with Crippen LogP contribution >= 0.6 is 0 Å².